The molecule has 8 heteroatoms. The van der Waals surface area contributed by atoms with Gasteiger partial charge in [-0.1, -0.05) is 30.3 Å². The molecular weight excluding hydrogens is 422 g/mol. The van der Waals surface area contributed by atoms with Gasteiger partial charge in [-0.2, -0.15) is 0 Å². The second-order valence-electron chi connectivity index (χ2n) is 8.42. The molecule has 0 saturated carbocycles. The van der Waals surface area contributed by atoms with Crippen molar-refractivity contribution in [3.8, 4) is 5.75 Å². The van der Waals surface area contributed by atoms with E-state index < -0.39 is 23.7 Å². The predicted octanol–water partition coefficient (Wildman–Crippen LogP) is 1.86. The summed E-state index contributed by atoms with van der Waals surface area (Å²) in [5, 5.41) is 0.201. The van der Waals surface area contributed by atoms with Gasteiger partial charge in [0.15, 0.2) is 1.41 Å². The molecule has 3 aliphatic heterocycles. The van der Waals surface area contributed by atoms with Crippen LogP contribution in [0.1, 0.15) is 41.3 Å². The summed E-state index contributed by atoms with van der Waals surface area (Å²) in [6, 6.07) is 11.3. The van der Waals surface area contributed by atoms with Crippen molar-refractivity contribution >= 4 is 17.7 Å². The number of nitrogens with zero attached hydrogens (tertiary/aromatic N) is 2. The molecule has 2 aromatic carbocycles. The van der Waals surface area contributed by atoms with Gasteiger partial charge in [0.1, 0.15) is 18.4 Å². The number of rotatable bonds is 6. The molecule has 0 radical (unpaired) electrons. The molecule has 0 bridgehead atoms. The summed E-state index contributed by atoms with van der Waals surface area (Å²) in [4.78, 5) is 40.9. The monoisotopic (exact) mass is 451 g/mol. The Morgan fingerprint density at radius 1 is 1.09 bits per heavy atom. The third-order valence-corrected chi connectivity index (χ3v) is 6.23. The number of nitrogens with one attached hydrogen (secondary N) is 1. The Labute approximate surface area is 195 Å². The summed E-state index contributed by atoms with van der Waals surface area (Å²) in [7, 11) is 0. The van der Waals surface area contributed by atoms with Crippen molar-refractivity contribution in [1.82, 2.24) is 15.1 Å². The molecule has 33 heavy (non-hydrogen) atoms. The number of imide groups is 1. The highest BCUT2D eigenvalue weighted by atomic mass is 16.5. The van der Waals surface area contributed by atoms with Crippen molar-refractivity contribution in [2.75, 3.05) is 26.3 Å². The van der Waals surface area contributed by atoms with Crippen LogP contribution >= 0.6 is 0 Å². The SMILES string of the molecule is [2H]N1C(=O)CCC([2H])(N2Cc3c(OCc4ccc(CN5CCOCC5)cc4)cccc3C2=O)C1=O. The van der Waals surface area contributed by atoms with Crippen LogP contribution in [-0.2, 0) is 34.0 Å². The number of carbonyl (C=O) groups is 3. The normalized spacial score (nSPS) is 24.5. The average molecular weight is 452 g/mol. The fraction of sp³-hybridized carbons (Fsp3) is 0.400. The van der Waals surface area contributed by atoms with E-state index in [1.807, 2.05) is 12.1 Å². The molecule has 1 N–H and O–H groups in total. The van der Waals surface area contributed by atoms with Crippen molar-refractivity contribution in [1.29, 1.82) is 0 Å². The lowest BCUT2D eigenvalue weighted by atomic mass is 10.0. The van der Waals surface area contributed by atoms with Crippen molar-refractivity contribution in [3.63, 3.8) is 0 Å². The molecule has 2 aromatic rings. The third-order valence-electron chi connectivity index (χ3n) is 6.23. The van der Waals surface area contributed by atoms with Crippen molar-refractivity contribution in [3.05, 3.63) is 64.7 Å². The van der Waals surface area contributed by atoms with Crippen LogP contribution in [0.2, 0.25) is 1.41 Å². The molecule has 172 valence electrons. The summed E-state index contributed by atoms with van der Waals surface area (Å²) in [5.41, 5.74) is 3.18. The van der Waals surface area contributed by atoms with Crippen LogP contribution in [0.3, 0.4) is 0 Å². The second-order valence-corrected chi connectivity index (χ2v) is 8.42. The Kier molecular flexibility index (Phi) is 5.44. The number of ether oxygens (including phenoxy) is 2. The number of hydrogen-bond acceptors (Lipinski definition) is 6. The molecule has 3 amide bonds. The van der Waals surface area contributed by atoms with Gasteiger partial charge in [-0.25, -0.2) is 0 Å². The van der Waals surface area contributed by atoms with Crippen LogP contribution < -0.4 is 10.0 Å². The number of amides is 3. The summed E-state index contributed by atoms with van der Waals surface area (Å²) in [6.45, 7) is 4.60. The predicted molar refractivity (Wildman–Crippen MR) is 119 cm³/mol. The maximum Gasteiger partial charge on any atom is 0.255 e. The summed E-state index contributed by atoms with van der Waals surface area (Å²) in [5.74, 6) is -1.62. The van der Waals surface area contributed by atoms with Crippen LogP contribution in [-0.4, -0.2) is 59.8 Å². The molecule has 2 saturated heterocycles. The Bertz CT molecular complexity index is 1150. The Morgan fingerprint density at radius 2 is 1.85 bits per heavy atom. The van der Waals surface area contributed by atoms with E-state index in [0.29, 0.717) is 23.5 Å². The van der Waals surface area contributed by atoms with Gasteiger partial charge in [0.25, 0.3) is 5.91 Å². The van der Waals surface area contributed by atoms with Gasteiger partial charge in [-0.15, -0.1) is 0 Å². The second kappa shape index (κ2) is 9.33. The smallest absolute Gasteiger partial charge is 0.255 e. The molecular formula is C25H27N3O5. The van der Waals surface area contributed by atoms with Gasteiger partial charge >= 0.3 is 0 Å². The van der Waals surface area contributed by atoms with Crippen LogP contribution in [0.15, 0.2) is 42.5 Å². The summed E-state index contributed by atoms with van der Waals surface area (Å²) < 4.78 is 27.8. The Hall–Kier alpha value is -3.23. The van der Waals surface area contributed by atoms with Gasteiger partial charge in [0.2, 0.25) is 11.8 Å². The zero-order valence-electron chi connectivity index (χ0n) is 20.3. The highest BCUT2D eigenvalue weighted by Crippen LogP contribution is 2.34. The lowest BCUT2D eigenvalue weighted by molar-refractivity contribution is -0.136. The van der Waals surface area contributed by atoms with E-state index in [-0.39, 0.29) is 24.7 Å². The van der Waals surface area contributed by atoms with E-state index in [2.05, 4.69) is 17.0 Å². The zero-order chi connectivity index (χ0) is 24.6. The molecule has 5 rings (SSSR count). The number of fused-ring (bicyclic) bond motifs is 1. The Balaban J connectivity index is 1.27. The molecule has 3 heterocycles. The first-order valence-corrected chi connectivity index (χ1v) is 11.2. The minimum atomic E-state index is -1.99. The highest BCUT2D eigenvalue weighted by molar-refractivity contribution is 6.05. The van der Waals surface area contributed by atoms with E-state index in [4.69, 9.17) is 12.3 Å². The van der Waals surface area contributed by atoms with Crippen molar-refractivity contribution < 1.29 is 26.6 Å². The van der Waals surface area contributed by atoms with E-state index in [1.54, 1.807) is 18.2 Å². The fourth-order valence-corrected chi connectivity index (χ4v) is 4.39. The summed E-state index contributed by atoms with van der Waals surface area (Å²) in [6.07, 6.45) is -0.267. The number of morpholine rings is 1. The lowest BCUT2D eigenvalue weighted by Gasteiger charge is -2.29. The van der Waals surface area contributed by atoms with Crippen LogP contribution in [0.4, 0.5) is 0 Å². The third kappa shape index (κ3) is 4.62. The Morgan fingerprint density at radius 3 is 2.64 bits per heavy atom. The van der Waals surface area contributed by atoms with Gasteiger partial charge in [0.05, 0.1) is 21.1 Å². The van der Waals surface area contributed by atoms with E-state index in [0.717, 1.165) is 43.3 Å². The quantitative estimate of drug-likeness (QED) is 0.675. The maximum atomic E-state index is 13.1. The molecule has 3 aliphatic rings. The first-order valence-electron chi connectivity index (χ1n) is 12.1. The minimum Gasteiger partial charge on any atom is -0.489 e. The molecule has 2 fully saturated rings. The van der Waals surface area contributed by atoms with Gasteiger partial charge in [-0.05, 0) is 29.7 Å². The fourth-order valence-electron chi connectivity index (χ4n) is 4.39. The number of carbonyl (C=O) groups excluding carboxylic acids is 3. The highest BCUT2D eigenvalue weighted by Gasteiger charge is 2.40. The summed E-state index contributed by atoms with van der Waals surface area (Å²) >= 11 is 0. The molecule has 0 aliphatic carbocycles. The van der Waals surface area contributed by atoms with Crippen LogP contribution in [0, 0.1) is 0 Å². The molecule has 0 spiro atoms. The van der Waals surface area contributed by atoms with Crippen molar-refractivity contribution in [2.24, 2.45) is 0 Å². The molecule has 1 unspecified atom stereocenters. The molecule has 8 nitrogen and oxygen atoms in total. The molecule has 0 aromatic heterocycles. The minimum absolute atomic E-state index is 0.0140. The first-order chi connectivity index (χ1) is 16.9. The first kappa shape index (κ1) is 19.3. The molecule has 1 atom stereocenters. The largest absolute Gasteiger partial charge is 0.489 e. The van der Waals surface area contributed by atoms with Crippen LogP contribution in [0.25, 0.3) is 0 Å². The zero-order valence-corrected chi connectivity index (χ0v) is 18.3. The van der Waals surface area contributed by atoms with Crippen molar-refractivity contribution in [2.45, 2.75) is 38.6 Å². The average Bonchev–Trinajstić information content (AvgIpc) is 3.23. The topological polar surface area (TPSA) is 88.2 Å². The van der Waals surface area contributed by atoms with E-state index >= 15 is 0 Å². The van der Waals surface area contributed by atoms with Gasteiger partial charge in [-0.3, -0.25) is 24.6 Å². The number of benzene rings is 2. The lowest BCUT2D eigenvalue weighted by Crippen LogP contribution is -2.52. The van der Waals surface area contributed by atoms with E-state index in [1.165, 1.54) is 5.56 Å². The van der Waals surface area contributed by atoms with E-state index in [9.17, 15) is 14.4 Å². The standard InChI is InChI=1S/C25H27N3O5/c29-23-9-8-21(24(30)26-23)28-15-20-19(25(28)31)2-1-3-22(20)33-16-18-6-4-17(5-7-18)14-27-10-12-32-13-11-27/h1-7,21H,8-16H2,(H,26,29,30)/i21D/hD. The van der Waals surface area contributed by atoms with Crippen LogP contribution in [0.5, 0.6) is 5.75 Å². The van der Waals surface area contributed by atoms with Gasteiger partial charge < -0.3 is 14.4 Å². The maximum absolute atomic E-state index is 13.1. The van der Waals surface area contributed by atoms with Gasteiger partial charge in [0, 0.05) is 37.2 Å². The number of piperidine rings is 1. The number of hydrogen-bond donors (Lipinski definition) is 1.